The highest BCUT2D eigenvalue weighted by Crippen LogP contribution is 2.24. The fraction of sp³-hybridized carbons (Fsp3) is 0.190. The maximum absolute atomic E-state index is 13.1. The minimum atomic E-state index is -3.70. The number of sulfonamides is 1. The molecule has 1 fully saturated rings. The number of amides is 1. The number of fused-ring (bicyclic) bond motifs is 1. The van der Waals surface area contributed by atoms with Crippen molar-refractivity contribution in [2.24, 2.45) is 0 Å². The van der Waals surface area contributed by atoms with Gasteiger partial charge >= 0.3 is 0 Å². The summed E-state index contributed by atoms with van der Waals surface area (Å²) >= 11 is 0. The number of carbonyl (C=O) groups excluding carboxylic acids is 1. The number of piperazine rings is 1. The molecule has 0 N–H and O–H groups in total. The third-order valence-corrected chi connectivity index (χ3v) is 7.11. The maximum atomic E-state index is 13.1. The van der Waals surface area contributed by atoms with Crippen LogP contribution in [-0.2, 0) is 10.0 Å². The van der Waals surface area contributed by atoms with Gasteiger partial charge in [-0.15, -0.1) is 0 Å². The van der Waals surface area contributed by atoms with E-state index in [0.29, 0.717) is 0 Å². The molecule has 4 rings (SSSR count). The monoisotopic (exact) mass is 425 g/mol. The molecule has 1 heterocycles. The molecule has 0 radical (unpaired) electrons. The smallest absolute Gasteiger partial charge is 0.282 e. The third-order valence-electron chi connectivity index (χ3n) is 5.22. The zero-order chi connectivity index (χ0) is 21.3. The molecule has 0 atom stereocenters. The minimum absolute atomic E-state index is 0.00772. The van der Waals surface area contributed by atoms with E-state index < -0.39 is 20.9 Å². The number of hydrogen-bond donors (Lipinski definition) is 0. The summed E-state index contributed by atoms with van der Waals surface area (Å²) < 4.78 is 27.5. The van der Waals surface area contributed by atoms with Crippen molar-refractivity contribution < 1.29 is 18.1 Å². The number of para-hydroxylation sites is 1. The molecule has 0 unspecified atom stereocenters. The van der Waals surface area contributed by atoms with Crippen LogP contribution in [0.4, 0.5) is 5.69 Å². The highest BCUT2D eigenvalue weighted by Gasteiger charge is 2.32. The lowest BCUT2D eigenvalue weighted by atomic mass is 10.1. The topological polar surface area (TPSA) is 101 Å². The van der Waals surface area contributed by atoms with Gasteiger partial charge in [-0.2, -0.15) is 4.31 Å². The molecule has 1 saturated heterocycles. The molecule has 0 aromatic heterocycles. The molecule has 0 aliphatic carbocycles. The summed E-state index contributed by atoms with van der Waals surface area (Å²) in [6.45, 7) is 0.582. The van der Waals surface area contributed by atoms with Gasteiger partial charge in [0, 0.05) is 32.2 Å². The number of nitro groups is 1. The second-order valence-electron chi connectivity index (χ2n) is 6.98. The molecule has 1 amide bonds. The number of hydrogen-bond acceptors (Lipinski definition) is 5. The molecule has 30 heavy (non-hydrogen) atoms. The van der Waals surface area contributed by atoms with Crippen molar-refractivity contribution in [2.75, 3.05) is 26.2 Å². The third kappa shape index (κ3) is 3.64. The molecule has 0 saturated carbocycles. The second kappa shape index (κ2) is 7.85. The number of rotatable bonds is 4. The Morgan fingerprint density at radius 1 is 0.867 bits per heavy atom. The van der Waals surface area contributed by atoms with Gasteiger partial charge in [0.05, 0.1) is 9.82 Å². The molecule has 3 aromatic rings. The van der Waals surface area contributed by atoms with E-state index in [2.05, 4.69) is 0 Å². The predicted octanol–water partition coefficient (Wildman–Crippen LogP) is 2.89. The van der Waals surface area contributed by atoms with E-state index in [0.717, 1.165) is 10.8 Å². The summed E-state index contributed by atoms with van der Waals surface area (Å²) in [7, 11) is -3.70. The average molecular weight is 425 g/mol. The Bertz CT molecular complexity index is 1230. The highest BCUT2D eigenvalue weighted by atomic mass is 32.2. The minimum Gasteiger partial charge on any atom is -0.336 e. The molecular formula is C21H19N3O5S. The summed E-state index contributed by atoms with van der Waals surface area (Å²) in [5, 5.41) is 13.0. The zero-order valence-corrected chi connectivity index (χ0v) is 16.8. The van der Waals surface area contributed by atoms with Crippen molar-refractivity contribution in [3.05, 3.63) is 82.4 Å². The van der Waals surface area contributed by atoms with Gasteiger partial charge in [-0.1, -0.05) is 42.5 Å². The molecule has 0 spiro atoms. The van der Waals surface area contributed by atoms with Crippen LogP contribution in [0.1, 0.15) is 10.4 Å². The van der Waals surface area contributed by atoms with Crippen LogP contribution in [0.15, 0.2) is 71.6 Å². The second-order valence-corrected chi connectivity index (χ2v) is 8.92. The fourth-order valence-electron chi connectivity index (χ4n) is 3.59. The molecule has 1 aliphatic heterocycles. The van der Waals surface area contributed by atoms with Crippen LogP contribution in [-0.4, -0.2) is 54.6 Å². The normalized spacial score (nSPS) is 15.3. The molecule has 3 aromatic carbocycles. The van der Waals surface area contributed by atoms with Crippen molar-refractivity contribution in [1.82, 2.24) is 9.21 Å². The van der Waals surface area contributed by atoms with Crippen molar-refractivity contribution >= 4 is 32.4 Å². The van der Waals surface area contributed by atoms with Gasteiger partial charge in [0.1, 0.15) is 5.56 Å². The summed E-state index contributed by atoms with van der Waals surface area (Å²) in [6.07, 6.45) is 0. The Labute approximate surface area is 173 Å². The van der Waals surface area contributed by atoms with Crippen LogP contribution in [0.3, 0.4) is 0 Å². The van der Waals surface area contributed by atoms with E-state index >= 15 is 0 Å². The van der Waals surface area contributed by atoms with Crippen molar-refractivity contribution in [3.8, 4) is 0 Å². The standard InChI is InChI=1S/C21H19N3O5S/c25-21(19-7-3-4-8-20(19)24(26)27)22-11-13-23(14-12-22)30(28,29)18-10-9-16-5-1-2-6-17(16)15-18/h1-10,15H,11-14H2. The van der Waals surface area contributed by atoms with Crippen molar-refractivity contribution in [1.29, 1.82) is 0 Å². The van der Waals surface area contributed by atoms with Gasteiger partial charge < -0.3 is 4.90 Å². The van der Waals surface area contributed by atoms with Crippen LogP contribution in [0.2, 0.25) is 0 Å². The van der Waals surface area contributed by atoms with Crippen molar-refractivity contribution in [3.63, 3.8) is 0 Å². The van der Waals surface area contributed by atoms with Gasteiger partial charge in [0.15, 0.2) is 0 Å². The SMILES string of the molecule is O=C(c1ccccc1[N+](=O)[O-])N1CCN(S(=O)(=O)c2ccc3ccccc3c2)CC1. The van der Waals surface area contributed by atoms with E-state index in [1.165, 1.54) is 27.4 Å². The fourth-order valence-corrected chi connectivity index (χ4v) is 5.05. The summed E-state index contributed by atoms with van der Waals surface area (Å²) in [5.74, 6) is -0.468. The average Bonchev–Trinajstić information content (AvgIpc) is 2.78. The number of benzene rings is 3. The van der Waals surface area contributed by atoms with Crippen LogP contribution in [0.25, 0.3) is 10.8 Å². The van der Waals surface area contributed by atoms with E-state index in [1.807, 2.05) is 24.3 Å². The first-order chi connectivity index (χ1) is 14.4. The summed E-state index contributed by atoms with van der Waals surface area (Å²) in [6, 6.07) is 18.3. The van der Waals surface area contributed by atoms with E-state index in [9.17, 15) is 23.3 Å². The lowest BCUT2D eigenvalue weighted by Crippen LogP contribution is -2.50. The first-order valence-electron chi connectivity index (χ1n) is 9.39. The Morgan fingerprint density at radius 3 is 2.20 bits per heavy atom. The first kappa shape index (κ1) is 20.0. The lowest BCUT2D eigenvalue weighted by Gasteiger charge is -2.34. The zero-order valence-electron chi connectivity index (χ0n) is 16.0. The summed E-state index contributed by atoms with van der Waals surface area (Å²) in [4.78, 5) is 25.0. The van der Waals surface area contributed by atoms with Crippen LogP contribution in [0, 0.1) is 10.1 Å². The van der Waals surface area contributed by atoms with Crippen LogP contribution in [0.5, 0.6) is 0 Å². The van der Waals surface area contributed by atoms with Crippen LogP contribution >= 0.6 is 0 Å². The van der Waals surface area contributed by atoms with Crippen molar-refractivity contribution in [2.45, 2.75) is 4.90 Å². The Hall–Kier alpha value is -3.30. The Balaban J connectivity index is 1.51. The largest absolute Gasteiger partial charge is 0.336 e. The van der Waals surface area contributed by atoms with E-state index in [4.69, 9.17) is 0 Å². The molecule has 1 aliphatic rings. The first-order valence-corrected chi connectivity index (χ1v) is 10.8. The highest BCUT2D eigenvalue weighted by molar-refractivity contribution is 7.89. The van der Waals surface area contributed by atoms with Gasteiger partial charge in [-0.3, -0.25) is 14.9 Å². The van der Waals surface area contributed by atoms with Gasteiger partial charge in [0.25, 0.3) is 11.6 Å². The maximum Gasteiger partial charge on any atom is 0.282 e. The number of nitrogens with zero attached hydrogens (tertiary/aromatic N) is 3. The van der Waals surface area contributed by atoms with E-state index in [-0.39, 0.29) is 42.3 Å². The summed E-state index contributed by atoms with van der Waals surface area (Å²) in [5.41, 5.74) is -0.248. The Kier molecular flexibility index (Phi) is 5.23. The lowest BCUT2D eigenvalue weighted by molar-refractivity contribution is -0.385. The van der Waals surface area contributed by atoms with Gasteiger partial charge in [0.2, 0.25) is 10.0 Å². The van der Waals surface area contributed by atoms with Gasteiger partial charge in [-0.05, 0) is 29.0 Å². The molecule has 0 bridgehead atoms. The molecule has 154 valence electrons. The predicted molar refractivity (Wildman–Crippen MR) is 112 cm³/mol. The molecule has 9 heteroatoms. The number of nitro benzene ring substituents is 1. The van der Waals surface area contributed by atoms with E-state index in [1.54, 1.807) is 24.3 Å². The Morgan fingerprint density at radius 2 is 1.50 bits per heavy atom. The molecule has 8 nitrogen and oxygen atoms in total. The van der Waals surface area contributed by atoms with Gasteiger partial charge in [-0.25, -0.2) is 8.42 Å². The quantitative estimate of drug-likeness (QED) is 0.473. The van der Waals surface area contributed by atoms with Crippen LogP contribution < -0.4 is 0 Å². The number of carbonyl (C=O) groups is 1. The molecular weight excluding hydrogens is 406 g/mol.